The molecule has 0 amide bonds. The fraction of sp³-hybridized carbons (Fsp3) is 0.882. The van der Waals surface area contributed by atoms with E-state index in [0.29, 0.717) is 57.1 Å². The van der Waals surface area contributed by atoms with Crippen LogP contribution < -0.4 is 5.32 Å². The van der Waals surface area contributed by atoms with Gasteiger partial charge in [-0.15, -0.1) is 6.58 Å². The standard InChI is InChI=1S/C17H32N2O3S/c1-4-5-14(2)15(3)18-16-6-10-19(11-7-16)23(20,21)17-8-12-22-13-9-17/h4,14-18H,1,5-13H2,2-3H3/t14-,15+/m0/s1. The fourth-order valence-corrected chi connectivity index (χ4v) is 5.39. The summed E-state index contributed by atoms with van der Waals surface area (Å²) in [5.74, 6) is 0.552. The lowest BCUT2D eigenvalue weighted by atomic mass is 9.97. The highest BCUT2D eigenvalue weighted by molar-refractivity contribution is 7.89. The van der Waals surface area contributed by atoms with Gasteiger partial charge in [-0.05, 0) is 44.9 Å². The molecule has 0 aromatic rings. The van der Waals surface area contributed by atoms with E-state index in [9.17, 15) is 8.42 Å². The van der Waals surface area contributed by atoms with Gasteiger partial charge < -0.3 is 10.1 Å². The molecule has 0 aromatic heterocycles. The number of hydrogen-bond donors (Lipinski definition) is 1. The van der Waals surface area contributed by atoms with Gasteiger partial charge in [0.2, 0.25) is 10.0 Å². The summed E-state index contributed by atoms with van der Waals surface area (Å²) < 4.78 is 32.4. The van der Waals surface area contributed by atoms with E-state index >= 15 is 0 Å². The Morgan fingerprint density at radius 1 is 1.22 bits per heavy atom. The molecule has 134 valence electrons. The molecule has 0 aliphatic carbocycles. The average Bonchev–Trinajstić information content (AvgIpc) is 2.56. The lowest BCUT2D eigenvalue weighted by molar-refractivity contribution is 0.0968. The van der Waals surface area contributed by atoms with Crippen LogP contribution in [0.15, 0.2) is 12.7 Å². The summed E-state index contributed by atoms with van der Waals surface area (Å²) in [4.78, 5) is 0. The molecule has 0 radical (unpaired) electrons. The first kappa shape index (κ1) is 18.9. The molecular weight excluding hydrogens is 312 g/mol. The minimum atomic E-state index is -3.15. The second-order valence-electron chi connectivity index (χ2n) is 6.99. The monoisotopic (exact) mass is 344 g/mol. The summed E-state index contributed by atoms with van der Waals surface area (Å²) in [7, 11) is -3.15. The van der Waals surface area contributed by atoms with Crippen molar-refractivity contribution >= 4 is 10.0 Å². The first-order valence-corrected chi connectivity index (χ1v) is 10.4. The number of allylic oxidation sites excluding steroid dienone is 1. The smallest absolute Gasteiger partial charge is 0.217 e. The number of nitrogens with one attached hydrogen (secondary N) is 1. The van der Waals surface area contributed by atoms with Crippen LogP contribution in [0.2, 0.25) is 0 Å². The second-order valence-corrected chi connectivity index (χ2v) is 9.20. The summed E-state index contributed by atoms with van der Waals surface area (Å²) in [6.07, 6.45) is 6.03. The molecule has 0 aromatic carbocycles. The zero-order chi connectivity index (χ0) is 16.9. The maximum atomic E-state index is 12.7. The van der Waals surface area contributed by atoms with Crippen molar-refractivity contribution in [2.24, 2.45) is 5.92 Å². The average molecular weight is 345 g/mol. The molecule has 2 saturated heterocycles. The van der Waals surface area contributed by atoms with E-state index in [-0.39, 0.29) is 5.25 Å². The molecule has 0 spiro atoms. The quantitative estimate of drug-likeness (QED) is 0.719. The number of sulfonamides is 1. The van der Waals surface area contributed by atoms with E-state index in [1.165, 1.54) is 0 Å². The van der Waals surface area contributed by atoms with E-state index in [2.05, 4.69) is 25.7 Å². The Bertz CT molecular complexity index is 466. The summed E-state index contributed by atoms with van der Waals surface area (Å²) in [5, 5.41) is 3.42. The fourth-order valence-electron chi connectivity index (χ4n) is 3.46. The zero-order valence-electron chi connectivity index (χ0n) is 14.5. The Balaban J connectivity index is 1.82. The number of piperidine rings is 1. The van der Waals surface area contributed by atoms with E-state index in [4.69, 9.17) is 4.74 Å². The second kappa shape index (κ2) is 8.60. The van der Waals surface area contributed by atoms with Gasteiger partial charge in [-0.2, -0.15) is 0 Å². The highest BCUT2D eigenvalue weighted by Gasteiger charge is 2.35. The molecule has 6 heteroatoms. The molecule has 5 nitrogen and oxygen atoms in total. The van der Waals surface area contributed by atoms with Crippen molar-refractivity contribution in [1.29, 1.82) is 0 Å². The third-order valence-corrected chi connectivity index (χ3v) is 7.69. The third kappa shape index (κ3) is 5.02. The van der Waals surface area contributed by atoms with E-state index in [0.717, 1.165) is 19.3 Å². The molecule has 1 N–H and O–H groups in total. The molecule has 0 unspecified atom stereocenters. The number of ether oxygens (including phenoxy) is 1. The van der Waals surface area contributed by atoms with Crippen LogP contribution >= 0.6 is 0 Å². The molecule has 2 heterocycles. The van der Waals surface area contributed by atoms with E-state index in [1.54, 1.807) is 4.31 Å². The third-order valence-electron chi connectivity index (χ3n) is 5.29. The van der Waals surface area contributed by atoms with Gasteiger partial charge in [-0.1, -0.05) is 13.0 Å². The highest BCUT2D eigenvalue weighted by atomic mass is 32.2. The van der Waals surface area contributed by atoms with Crippen LogP contribution in [0.3, 0.4) is 0 Å². The van der Waals surface area contributed by atoms with Gasteiger partial charge in [0.25, 0.3) is 0 Å². The molecule has 2 aliphatic rings. The molecule has 0 bridgehead atoms. The predicted octanol–water partition coefficient (Wildman–Crippen LogP) is 2.15. The predicted molar refractivity (Wildman–Crippen MR) is 93.9 cm³/mol. The lowest BCUT2D eigenvalue weighted by Gasteiger charge is -2.36. The first-order valence-electron chi connectivity index (χ1n) is 8.88. The van der Waals surface area contributed by atoms with Gasteiger partial charge in [0.15, 0.2) is 0 Å². The number of rotatable bonds is 7. The van der Waals surface area contributed by atoms with Crippen LogP contribution in [0.4, 0.5) is 0 Å². The van der Waals surface area contributed by atoms with Crippen LogP contribution in [-0.4, -0.2) is 56.4 Å². The molecule has 2 fully saturated rings. The Kier molecular flexibility index (Phi) is 7.07. The van der Waals surface area contributed by atoms with Gasteiger partial charge in [0.05, 0.1) is 5.25 Å². The van der Waals surface area contributed by atoms with Crippen LogP contribution in [0.25, 0.3) is 0 Å². The van der Waals surface area contributed by atoms with Crippen LogP contribution in [0.1, 0.15) is 46.0 Å². The number of nitrogens with zero attached hydrogens (tertiary/aromatic N) is 1. The van der Waals surface area contributed by atoms with Crippen molar-refractivity contribution in [3.8, 4) is 0 Å². The van der Waals surface area contributed by atoms with Gasteiger partial charge in [-0.3, -0.25) is 0 Å². The molecule has 2 atom stereocenters. The first-order chi connectivity index (χ1) is 10.9. The highest BCUT2D eigenvalue weighted by Crippen LogP contribution is 2.23. The van der Waals surface area contributed by atoms with E-state index < -0.39 is 10.0 Å². The topological polar surface area (TPSA) is 58.6 Å². The minimum Gasteiger partial charge on any atom is -0.381 e. The van der Waals surface area contributed by atoms with Gasteiger partial charge in [-0.25, -0.2) is 12.7 Å². The van der Waals surface area contributed by atoms with Gasteiger partial charge in [0, 0.05) is 38.4 Å². The minimum absolute atomic E-state index is 0.243. The van der Waals surface area contributed by atoms with Crippen molar-refractivity contribution < 1.29 is 13.2 Å². The lowest BCUT2D eigenvalue weighted by Crippen LogP contribution is -2.50. The van der Waals surface area contributed by atoms with Crippen molar-refractivity contribution in [2.75, 3.05) is 26.3 Å². The maximum absolute atomic E-state index is 12.7. The van der Waals surface area contributed by atoms with Gasteiger partial charge >= 0.3 is 0 Å². The summed E-state index contributed by atoms with van der Waals surface area (Å²) in [6, 6.07) is 0.843. The maximum Gasteiger partial charge on any atom is 0.217 e. The van der Waals surface area contributed by atoms with Crippen molar-refractivity contribution in [2.45, 2.75) is 63.3 Å². The normalized spacial score (nSPS) is 25.1. The van der Waals surface area contributed by atoms with Crippen LogP contribution in [0, 0.1) is 5.92 Å². The summed E-state index contributed by atoms with van der Waals surface area (Å²) in [6.45, 7) is 10.7. The van der Waals surface area contributed by atoms with Gasteiger partial charge in [0.1, 0.15) is 0 Å². The van der Waals surface area contributed by atoms with Crippen LogP contribution in [-0.2, 0) is 14.8 Å². The SMILES string of the molecule is C=CC[C@H](C)[C@@H](C)NC1CCN(S(=O)(=O)C2CCOCC2)CC1. The zero-order valence-corrected chi connectivity index (χ0v) is 15.4. The molecule has 0 saturated carbocycles. The summed E-state index contributed by atoms with van der Waals surface area (Å²) in [5.41, 5.74) is 0. The van der Waals surface area contributed by atoms with Crippen molar-refractivity contribution in [3.05, 3.63) is 12.7 Å². The Hall–Kier alpha value is -0.430. The van der Waals surface area contributed by atoms with Crippen LogP contribution in [0.5, 0.6) is 0 Å². The Labute approximate surface area is 141 Å². The Morgan fingerprint density at radius 2 is 1.83 bits per heavy atom. The molecular formula is C17H32N2O3S. The molecule has 23 heavy (non-hydrogen) atoms. The number of hydrogen-bond acceptors (Lipinski definition) is 4. The van der Waals surface area contributed by atoms with Crippen molar-refractivity contribution in [1.82, 2.24) is 9.62 Å². The van der Waals surface area contributed by atoms with E-state index in [1.807, 2.05) is 6.08 Å². The molecule has 2 aliphatic heterocycles. The summed E-state index contributed by atoms with van der Waals surface area (Å²) >= 11 is 0. The van der Waals surface area contributed by atoms with Crippen molar-refractivity contribution in [3.63, 3.8) is 0 Å². The molecule has 2 rings (SSSR count). The largest absolute Gasteiger partial charge is 0.381 e. The Morgan fingerprint density at radius 3 is 2.39 bits per heavy atom.